The van der Waals surface area contributed by atoms with Gasteiger partial charge in [0, 0.05) is 6.04 Å². The van der Waals surface area contributed by atoms with Crippen molar-refractivity contribution in [3.8, 4) is 0 Å². The number of carbonyl (C=O) groups is 4. The molecule has 0 aromatic heterocycles. The van der Waals surface area contributed by atoms with Crippen molar-refractivity contribution in [2.24, 2.45) is 0 Å². The number of urea groups is 1. The molecular weight excluding hydrogens is 396 g/mol. The lowest BCUT2D eigenvalue weighted by Gasteiger charge is -2.25. The van der Waals surface area contributed by atoms with Gasteiger partial charge >= 0.3 is 6.03 Å². The van der Waals surface area contributed by atoms with Crippen LogP contribution < -0.4 is 16.0 Å². The smallest absolute Gasteiger partial charge is 0.325 e. The summed E-state index contributed by atoms with van der Waals surface area (Å²) in [6.07, 6.45) is 2.25. The van der Waals surface area contributed by atoms with Crippen molar-refractivity contribution in [2.45, 2.75) is 37.8 Å². The van der Waals surface area contributed by atoms with Crippen LogP contribution in [-0.2, 0) is 15.1 Å². The molecule has 0 bridgehead atoms. The number of carbonyl (C=O) groups excluding carboxylic acids is 4. The highest BCUT2D eigenvalue weighted by Gasteiger charge is 2.51. The van der Waals surface area contributed by atoms with Gasteiger partial charge in [0.15, 0.2) is 0 Å². The quantitative estimate of drug-likeness (QED) is 0.598. The normalized spacial score (nSPS) is 20.4. The summed E-state index contributed by atoms with van der Waals surface area (Å²) in [6, 6.07) is 15.2. The van der Waals surface area contributed by atoms with E-state index >= 15 is 0 Å². The van der Waals surface area contributed by atoms with Crippen molar-refractivity contribution in [1.29, 1.82) is 0 Å². The molecule has 1 saturated heterocycles. The summed E-state index contributed by atoms with van der Waals surface area (Å²) in [5, 5.41) is 8.31. The number of nitrogens with one attached hydrogen (secondary N) is 3. The van der Waals surface area contributed by atoms with E-state index in [0.29, 0.717) is 23.2 Å². The Bertz CT molecular complexity index is 1030. The molecule has 5 amide bonds. The Kier molecular flexibility index (Phi) is 5.46. The Labute approximate surface area is 180 Å². The van der Waals surface area contributed by atoms with Crippen LogP contribution in [-0.4, -0.2) is 41.2 Å². The zero-order valence-corrected chi connectivity index (χ0v) is 17.2. The minimum Gasteiger partial charge on any atom is -0.349 e. The van der Waals surface area contributed by atoms with Crippen molar-refractivity contribution < 1.29 is 19.2 Å². The number of hydrogen-bond acceptors (Lipinski definition) is 4. The largest absolute Gasteiger partial charge is 0.349 e. The molecule has 3 N–H and O–H groups in total. The van der Waals surface area contributed by atoms with Crippen LogP contribution in [0.1, 0.15) is 42.1 Å². The number of para-hydroxylation sites is 1. The van der Waals surface area contributed by atoms with Gasteiger partial charge in [-0.3, -0.25) is 19.3 Å². The summed E-state index contributed by atoms with van der Waals surface area (Å²) in [5.41, 5.74) is 0.149. The first-order valence-electron chi connectivity index (χ1n) is 10.3. The molecule has 2 aromatic carbocycles. The second-order valence-electron chi connectivity index (χ2n) is 7.79. The maximum absolute atomic E-state index is 13.2. The van der Waals surface area contributed by atoms with Gasteiger partial charge in [-0.15, -0.1) is 0 Å². The topological polar surface area (TPSA) is 108 Å². The number of benzene rings is 2. The Morgan fingerprint density at radius 1 is 1.06 bits per heavy atom. The molecule has 1 aliphatic carbocycles. The van der Waals surface area contributed by atoms with Gasteiger partial charge in [-0.25, -0.2) is 4.79 Å². The highest BCUT2D eigenvalue weighted by atomic mass is 16.2. The first-order valence-corrected chi connectivity index (χ1v) is 10.3. The van der Waals surface area contributed by atoms with Crippen LogP contribution in [0.3, 0.4) is 0 Å². The number of amides is 5. The molecule has 2 fully saturated rings. The molecule has 1 saturated carbocycles. The Morgan fingerprint density at radius 3 is 2.42 bits per heavy atom. The summed E-state index contributed by atoms with van der Waals surface area (Å²) < 4.78 is 0. The number of hydrogen-bond donors (Lipinski definition) is 3. The van der Waals surface area contributed by atoms with Gasteiger partial charge in [-0.2, -0.15) is 0 Å². The lowest BCUT2D eigenvalue weighted by molar-refractivity contribution is -0.134. The van der Waals surface area contributed by atoms with Crippen LogP contribution in [0.15, 0.2) is 54.6 Å². The standard InChI is InChI=1S/C23H24N4O4/c1-2-23(15-8-4-3-5-9-15)21(30)27(22(31)26-23)14-19(28)25-18-11-7-6-10-17(18)20(29)24-16-12-13-16/h3-11,16H,2,12-14H2,1H3,(H,24,29)(H,25,28)(H,26,31)/t23-/m1/s1. The molecule has 0 radical (unpaired) electrons. The fraction of sp³-hybridized carbons (Fsp3) is 0.304. The molecule has 0 unspecified atom stereocenters. The van der Waals surface area contributed by atoms with Crippen LogP contribution in [0.4, 0.5) is 10.5 Å². The molecular formula is C23H24N4O4. The molecule has 1 aliphatic heterocycles. The molecule has 31 heavy (non-hydrogen) atoms. The van der Waals surface area contributed by atoms with Crippen LogP contribution in [0.5, 0.6) is 0 Å². The fourth-order valence-electron chi connectivity index (χ4n) is 3.75. The predicted octanol–water partition coefficient (Wildman–Crippen LogP) is 2.37. The van der Waals surface area contributed by atoms with Crippen molar-refractivity contribution >= 4 is 29.4 Å². The number of nitrogens with zero attached hydrogens (tertiary/aromatic N) is 1. The van der Waals surface area contributed by atoms with Gasteiger partial charge in [0.1, 0.15) is 12.1 Å². The van der Waals surface area contributed by atoms with Crippen molar-refractivity contribution in [1.82, 2.24) is 15.5 Å². The van der Waals surface area contributed by atoms with Crippen LogP contribution in [0.2, 0.25) is 0 Å². The fourth-order valence-corrected chi connectivity index (χ4v) is 3.75. The summed E-state index contributed by atoms with van der Waals surface area (Å²) in [6.45, 7) is 1.36. The molecule has 1 heterocycles. The Morgan fingerprint density at radius 2 is 1.74 bits per heavy atom. The maximum Gasteiger partial charge on any atom is 0.325 e. The third-order valence-corrected chi connectivity index (χ3v) is 5.63. The molecule has 4 rings (SSSR count). The van der Waals surface area contributed by atoms with Crippen LogP contribution >= 0.6 is 0 Å². The highest BCUT2D eigenvalue weighted by molar-refractivity contribution is 6.11. The van der Waals surface area contributed by atoms with Gasteiger partial charge in [-0.1, -0.05) is 49.4 Å². The van der Waals surface area contributed by atoms with Crippen molar-refractivity contribution in [2.75, 3.05) is 11.9 Å². The van der Waals surface area contributed by atoms with E-state index in [-0.39, 0.29) is 11.9 Å². The first-order chi connectivity index (χ1) is 14.9. The summed E-state index contributed by atoms with van der Waals surface area (Å²) >= 11 is 0. The van der Waals surface area contributed by atoms with Gasteiger partial charge in [0.05, 0.1) is 11.3 Å². The Hall–Kier alpha value is -3.68. The molecule has 160 valence electrons. The Balaban J connectivity index is 1.49. The average molecular weight is 420 g/mol. The number of rotatable bonds is 7. The minimum absolute atomic E-state index is 0.183. The molecule has 2 aliphatic rings. The third kappa shape index (κ3) is 4.01. The van der Waals surface area contributed by atoms with Gasteiger partial charge in [0.2, 0.25) is 5.91 Å². The third-order valence-electron chi connectivity index (χ3n) is 5.63. The van der Waals surface area contributed by atoms with Gasteiger partial charge in [-0.05, 0) is 37.0 Å². The molecule has 0 spiro atoms. The lowest BCUT2D eigenvalue weighted by Crippen LogP contribution is -2.44. The van der Waals surface area contributed by atoms with Gasteiger partial charge < -0.3 is 16.0 Å². The summed E-state index contributed by atoms with van der Waals surface area (Å²) in [7, 11) is 0. The molecule has 1 atom stereocenters. The molecule has 8 heteroatoms. The summed E-state index contributed by atoms with van der Waals surface area (Å²) in [5.74, 6) is -1.29. The van der Waals surface area contributed by atoms with Crippen molar-refractivity contribution in [3.05, 3.63) is 65.7 Å². The van der Waals surface area contributed by atoms with E-state index in [1.807, 2.05) is 13.0 Å². The van der Waals surface area contributed by atoms with E-state index in [4.69, 9.17) is 0 Å². The first kappa shape index (κ1) is 20.6. The lowest BCUT2D eigenvalue weighted by atomic mass is 9.87. The number of anilines is 1. The van der Waals surface area contributed by atoms with Crippen LogP contribution in [0.25, 0.3) is 0 Å². The van der Waals surface area contributed by atoms with E-state index < -0.39 is 29.9 Å². The maximum atomic E-state index is 13.2. The minimum atomic E-state index is -1.19. The highest BCUT2D eigenvalue weighted by Crippen LogP contribution is 2.32. The van der Waals surface area contributed by atoms with E-state index in [0.717, 1.165) is 17.7 Å². The van der Waals surface area contributed by atoms with E-state index in [2.05, 4.69) is 16.0 Å². The van der Waals surface area contributed by atoms with E-state index in [1.165, 1.54) is 0 Å². The summed E-state index contributed by atoms with van der Waals surface area (Å²) in [4.78, 5) is 51.8. The molecule has 2 aromatic rings. The average Bonchev–Trinajstić information content (AvgIpc) is 3.56. The van der Waals surface area contributed by atoms with Crippen molar-refractivity contribution in [3.63, 3.8) is 0 Å². The number of imide groups is 1. The second kappa shape index (κ2) is 8.22. The zero-order chi connectivity index (χ0) is 22.0. The SMILES string of the molecule is CC[C@]1(c2ccccc2)NC(=O)N(CC(=O)Nc2ccccc2C(=O)NC2CC2)C1=O. The second-order valence-corrected chi connectivity index (χ2v) is 7.79. The van der Waals surface area contributed by atoms with E-state index in [9.17, 15) is 19.2 Å². The monoisotopic (exact) mass is 420 g/mol. The predicted molar refractivity (Wildman–Crippen MR) is 114 cm³/mol. The van der Waals surface area contributed by atoms with Gasteiger partial charge in [0.25, 0.3) is 11.8 Å². The molecule has 8 nitrogen and oxygen atoms in total. The van der Waals surface area contributed by atoms with E-state index in [1.54, 1.807) is 48.5 Å². The van der Waals surface area contributed by atoms with Crippen LogP contribution in [0, 0.1) is 0 Å². The zero-order valence-electron chi connectivity index (χ0n) is 17.2.